The first kappa shape index (κ1) is 20.8. The molecule has 2 aromatic heterocycles. The molecule has 2 N–H and O–H groups in total. The van der Waals surface area contributed by atoms with E-state index in [-0.39, 0.29) is 12.5 Å². The summed E-state index contributed by atoms with van der Waals surface area (Å²) in [6, 6.07) is 10.6. The molecule has 1 aliphatic carbocycles. The van der Waals surface area contributed by atoms with Gasteiger partial charge in [-0.1, -0.05) is 49.6 Å². The predicted octanol–water partition coefficient (Wildman–Crippen LogP) is 4.28. The highest BCUT2D eigenvalue weighted by Crippen LogP contribution is 2.37. The largest absolute Gasteiger partial charge is 0.360 e. The number of fused-ring (bicyclic) bond motifs is 1. The van der Waals surface area contributed by atoms with Crippen molar-refractivity contribution >= 4 is 33.3 Å². The number of benzene rings is 1. The van der Waals surface area contributed by atoms with Crippen molar-refractivity contribution in [3.63, 3.8) is 0 Å². The zero-order valence-corrected chi connectivity index (χ0v) is 18.5. The maximum atomic E-state index is 12.6. The van der Waals surface area contributed by atoms with Gasteiger partial charge in [-0.2, -0.15) is 0 Å². The Balaban J connectivity index is 1.60. The fourth-order valence-electron chi connectivity index (χ4n) is 3.99. The van der Waals surface area contributed by atoms with E-state index < -0.39 is 0 Å². The Morgan fingerprint density at radius 2 is 1.90 bits per heavy atom. The van der Waals surface area contributed by atoms with Crippen molar-refractivity contribution in [2.24, 2.45) is 0 Å². The van der Waals surface area contributed by atoms with E-state index in [1.54, 1.807) is 11.3 Å². The van der Waals surface area contributed by atoms with Gasteiger partial charge in [-0.15, -0.1) is 11.3 Å². The van der Waals surface area contributed by atoms with Crippen molar-refractivity contribution in [2.45, 2.75) is 44.7 Å². The van der Waals surface area contributed by atoms with Gasteiger partial charge in [-0.25, -0.2) is 9.97 Å². The van der Waals surface area contributed by atoms with E-state index in [1.165, 1.54) is 19.3 Å². The number of hydrogen-bond acceptors (Lipinski definition) is 6. The number of rotatable bonds is 7. The smallest absolute Gasteiger partial charge is 0.239 e. The summed E-state index contributed by atoms with van der Waals surface area (Å²) in [5, 5.41) is 9.60. The van der Waals surface area contributed by atoms with Crippen LogP contribution < -0.4 is 10.6 Å². The summed E-state index contributed by atoms with van der Waals surface area (Å²) in [4.78, 5) is 25.1. The zero-order valence-electron chi connectivity index (χ0n) is 17.6. The SMILES string of the molecule is CN(C)Cc1nc(NCC(=O)NC2CCCCC2)c2c(-c3ccccc3)csc2n1. The van der Waals surface area contributed by atoms with Crippen LogP contribution in [-0.2, 0) is 11.3 Å². The molecule has 0 bridgehead atoms. The van der Waals surface area contributed by atoms with Crippen LogP contribution in [0.1, 0.15) is 37.9 Å². The minimum Gasteiger partial charge on any atom is -0.360 e. The van der Waals surface area contributed by atoms with Crippen molar-refractivity contribution in [3.8, 4) is 11.1 Å². The lowest BCUT2D eigenvalue weighted by Crippen LogP contribution is -2.39. The molecule has 2 heterocycles. The third kappa shape index (κ3) is 4.96. The number of nitrogens with one attached hydrogen (secondary N) is 2. The van der Waals surface area contributed by atoms with Gasteiger partial charge in [-0.05, 0) is 32.5 Å². The highest BCUT2D eigenvalue weighted by atomic mass is 32.1. The molecule has 6 nitrogen and oxygen atoms in total. The maximum Gasteiger partial charge on any atom is 0.239 e. The third-order valence-corrected chi connectivity index (χ3v) is 6.28. The first-order chi connectivity index (χ1) is 14.6. The molecule has 1 amide bonds. The summed E-state index contributed by atoms with van der Waals surface area (Å²) in [7, 11) is 4.00. The Bertz CT molecular complexity index is 996. The Hall–Kier alpha value is -2.51. The average molecular weight is 424 g/mol. The van der Waals surface area contributed by atoms with Gasteiger partial charge >= 0.3 is 0 Å². The number of carbonyl (C=O) groups excluding carboxylic acids is 1. The van der Waals surface area contributed by atoms with Gasteiger partial charge in [0.25, 0.3) is 0 Å². The number of hydrogen-bond donors (Lipinski definition) is 2. The molecule has 0 spiro atoms. The van der Waals surface area contributed by atoms with E-state index in [1.807, 2.05) is 37.2 Å². The van der Waals surface area contributed by atoms with Crippen LogP contribution in [0.5, 0.6) is 0 Å². The quantitative estimate of drug-likeness (QED) is 0.594. The van der Waals surface area contributed by atoms with Crippen LogP contribution in [0, 0.1) is 0 Å². The normalized spacial score (nSPS) is 14.9. The average Bonchev–Trinajstić information content (AvgIpc) is 3.17. The number of nitrogens with zero attached hydrogens (tertiary/aromatic N) is 3. The predicted molar refractivity (Wildman–Crippen MR) is 124 cm³/mol. The minimum atomic E-state index is 0.0271. The number of thiophene rings is 1. The molecule has 3 aromatic rings. The first-order valence-corrected chi connectivity index (χ1v) is 11.5. The van der Waals surface area contributed by atoms with Crippen LogP contribution in [0.15, 0.2) is 35.7 Å². The molecule has 0 radical (unpaired) electrons. The van der Waals surface area contributed by atoms with Crippen molar-refractivity contribution in [3.05, 3.63) is 41.5 Å². The highest BCUT2D eigenvalue weighted by Gasteiger charge is 2.18. The fraction of sp³-hybridized carbons (Fsp3) is 0.435. The van der Waals surface area contributed by atoms with Crippen LogP contribution in [-0.4, -0.2) is 47.5 Å². The zero-order chi connectivity index (χ0) is 20.9. The number of amides is 1. The van der Waals surface area contributed by atoms with E-state index in [2.05, 4.69) is 28.1 Å². The van der Waals surface area contributed by atoms with Crippen molar-refractivity contribution in [1.82, 2.24) is 20.2 Å². The fourth-order valence-corrected chi connectivity index (χ4v) is 4.95. The van der Waals surface area contributed by atoms with E-state index in [9.17, 15) is 4.79 Å². The van der Waals surface area contributed by atoms with Gasteiger partial charge < -0.3 is 15.5 Å². The highest BCUT2D eigenvalue weighted by molar-refractivity contribution is 7.17. The Morgan fingerprint density at radius 3 is 2.63 bits per heavy atom. The van der Waals surface area contributed by atoms with E-state index in [0.29, 0.717) is 12.6 Å². The van der Waals surface area contributed by atoms with Gasteiger partial charge in [0.05, 0.1) is 18.5 Å². The van der Waals surface area contributed by atoms with Crippen molar-refractivity contribution in [2.75, 3.05) is 26.0 Å². The van der Waals surface area contributed by atoms with Gasteiger partial charge in [0.1, 0.15) is 16.5 Å². The molecule has 1 fully saturated rings. The van der Waals surface area contributed by atoms with Crippen LogP contribution in [0.4, 0.5) is 5.82 Å². The second-order valence-electron chi connectivity index (χ2n) is 8.18. The van der Waals surface area contributed by atoms with E-state index in [4.69, 9.17) is 9.97 Å². The first-order valence-electron chi connectivity index (χ1n) is 10.6. The second kappa shape index (κ2) is 9.53. The van der Waals surface area contributed by atoms with Crippen LogP contribution in [0.2, 0.25) is 0 Å². The lowest BCUT2D eigenvalue weighted by Gasteiger charge is -2.23. The van der Waals surface area contributed by atoms with Crippen molar-refractivity contribution < 1.29 is 4.79 Å². The molecular weight excluding hydrogens is 394 g/mol. The maximum absolute atomic E-state index is 12.6. The number of aromatic nitrogens is 2. The lowest BCUT2D eigenvalue weighted by atomic mass is 9.95. The summed E-state index contributed by atoms with van der Waals surface area (Å²) < 4.78 is 0. The Morgan fingerprint density at radius 1 is 1.13 bits per heavy atom. The monoisotopic (exact) mass is 423 g/mol. The second-order valence-corrected chi connectivity index (χ2v) is 9.04. The van der Waals surface area contributed by atoms with Gasteiger partial charge in [0, 0.05) is 17.0 Å². The lowest BCUT2D eigenvalue weighted by molar-refractivity contribution is -0.120. The molecule has 158 valence electrons. The summed E-state index contributed by atoms with van der Waals surface area (Å²) in [6.45, 7) is 0.867. The van der Waals surface area contributed by atoms with Crippen molar-refractivity contribution in [1.29, 1.82) is 0 Å². The molecule has 1 saturated carbocycles. The molecule has 7 heteroatoms. The molecule has 4 rings (SSSR count). The molecular formula is C23H29N5OS. The molecule has 30 heavy (non-hydrogen) atoms. The molecule has 0 saturated heterocycles. The third-order valence-electron chi connectivity index (χ3n) is 5.41. The Labute approximate surface area is 181 Å². The van der Waals surface area contributed by atoms with Crippen LogP contribution >= 0.6 is 11.3 Å². The standard InChI is InChI=1S/C23H29N5OS/c1-28(2)14-19-26-22(24-13-20(29)25-17-11-7-4-8-12-17)21-18(15-30-23(21)27-19)16-9-5-3-6-10-16/h3,5-6,9-10,15,17H,4,7-8,11-14H2,1-2H3,(H,25,29)(H,24,26,27). The summed E-state index contributed by atoms with van der Waals surface area (Å²) in [6.07, 6.45) is 5.85. The molecule has 0 atom stereocenters. The number of anilines is 1. The summed E-state index contributed by atoms with van der Waals surface area (Å²) in [5.74, 6) is 1.51. The Kier molecular flexibility index (Phi) is 6.59. The van der Waals surface area contributed by atoms with Crippen LogP contribution in [0.3, 0.4) is 0 Å². The van der Waals surface area contributed by atoms with Gasteiger partial charge in [0.2, 0.25) is 5.91 Å². The van der Waals surface area contributed by atoms with E-state index >= 15 is 0 Å². The molecule has 0 aliphatic heterocycles. The van der Waals surface area contributed by atoms with Gasteiger partial charge in [0.15, 0.2) is 0 Å². The minimum absolute atomic E-state index is 0.0271. The van der Waals surface area contributed by atoms with Crippen LogP contribution in [0.25, 0.3) is 21.3 Å². The molecule has 1 aromatic carbocycles. The molecule has 0 unspecified atom stereocenters. The molecule has 1 aliphatic rings. The summed E-state index contributed by atoms with van der Waals surface area (Å²) >= 11 is 1.62. The van der Waals surface area contributed by atoms with Gasteiger partial charge in [-0.3, -0.25) is 4.79 Å². The van der Waals surface area contributed by atoms with E-state index in [0.717, 1.165) is 45.8 Å². The topological polar surface area (TPSA) is 70.2 Å². The number of carbonyl (C=O) groups is 1. The summed E-state index contributed by atoms with van der Waals surface area (Å²) in [5.41, 5.74) is 2.23.